The smallest absolute Gasteiger partial charge is 0.191 e. The highest BCUT2D eigenvalue weighted by atomic mass is 127. The molecule has 1 aliphatic rings. The first-order valence-corrected chi connectivity index (χ1v) is 10.7. The molecule has 1 saturated heterocycles. The summed E-state index contributed by atoms with van der Waals surface area (Å²) in [5, 5.41) is 6.82. The van der Waals surface area contributed by atoms with Crippen molar-refractivity contribution < 1.29 is 4.74 Å². The van der Waals surface area contributed by atoms with Gasteiger partial charge >= 0.3 is 0 Å². The highest BCUT2D eigenvalue weighted by molar-refractivity contribution is 14.0. The van der Waals surface area contributed by atoms with Gasteiger partial charge in [0.2, 0.25) is 0 Å². The zero-order valence-electron chi connectivity index (χ0n) is 18.2. The molecule has 0 radical (unpaired) electrons. The Morgan fingerprint density at radius 3 is 2.23 bits per heavy atom. The lowest BCUT2D eigenvalue weighted by Crippen LogP contribution is -2.36. The van der Waals surface area contributed by atoms with E-state index in [1.54, 1.807) is 7.05 Å². The molecule has 0 aliphatic carbocycles. The summed E-state index contributed by atoms with van der Waals surface area (Å²) in [4.78, 5) is 6.88. The van der Waals surface area contributed by atoms with E-state index in [4.69, 9.17) is 4.74 Å². The van der Waals surface area contributed by atoms with Crippen LogP contribution in [0.1, 0.15) is 42.0 Å². The van der Waals surface area contributed by atoms with Crippen LogP contribution in [0.4, 0.5) is 0 Å². The topological polar surface area (TPSA) is 48.9 Å². The number of hydrogen-bond donors (Lipinski definition) is 2. The van der Waals surface area contributed by atoms with E-state index in [9.17, 15) is 0 Å². The maximum atomic E-state index is 5.57. The average molecular weight is 522 g/mol. The summed E-state index contributed by atoms with van der Waals surface area (Å²) in [6.45, 7) is 8.40. The van der Waals surface area contributed by atoms with Crippen molar-refractivity contribution in [1.82, 2.24) is 15.5 Å². The number of halogens is 1. The van der Waals surface area contributed by atoms with Gasteiger partial charge in [0.15, 0.2) is 5.96 Å². The van der Waals surface area contributed by atoms with E-state index in [1.165, 1.54) is 48.2 Å². The number of aliphatic imine (C=N–C) groups is 1. The number of nitrogens with one attached hydrogen (secondary N) is 2. The highest BCUT2D eigenvalue weighted by Gasteiger charge is 2.11. The summed E-state index contributed by atoms with van der Waals surface area (Å²) in [6, 6.07) is 17.3. The Morgan fingerprint density at radius 1 is 0.933 bits per heavy atom. The Hall–Kier alpha value is -1.64. The molecule has 0 amide bonds. The Bertz CT molecular complexity index is 773. The Labute approximate surface area is 198 Å². The van der Waals surface area contributed by atoms with Crippen molar-refractivity contribution in [3.63, 3.8) is 0 Å². The summed E-state index contributed by atoms with van der Waals surface area (Å²) in [7, 11) is 1.81. The Kier molecular flexibility index (Phi) is 11.2. The molecule has 30 heavy (non-hydrogen) atoms. The number of rotatable bonds is 9. The lowest BCUT2D eigenvalue weighted by molar-refractivity contribution is 0.133. The van der Waals surface area contributed by atoms with Crippen molar-refractivity contribution in [3.8, 4) is 0 Å². The molecule has 0 aromatic heterocycles. The number of nitrogens with zero attached hydrogens (tertiary/aromatic N) is 2. The summed E-state index contributed by atoms with van der Waals surface area (Å²) >= 11 is 0. The van der Waals surface area contributed by atoms with Crippen LogP contribution in [0.15, 0.2) is 53.5 Å². The number of likely N-dealkylation sites (tertiary alicyclic amines) is 1. The molecule has 1 aliphatic heterocycles. The molecule has 1 heterocycles. The van der Waals surface area contributed by atoms with E-state index in [0.717, 1.165) is 32.2 Å². The second-order valence-corrected chi connectivity index (χ2v) is 7.48. The summed E-state index contributed by atoms with van der Waals surface area (Å²) in [5.41, 5.74) is 5.10. The van der Waals surface area contributed by atoms with Gasteiger partial charge in [0.05, 0.1) is 6.61 Å². The van der Waals surface area contributed by atoms with Crippen molar-refractivity contribution in [3.05, 3.63) is 70.8 Å². The third-order valence-corrected chi connectivity index (χ3v) is 5.34. The van der Waals surface area contributed by atoms with Crippen LogP contribution in [0.5, 0.6) is 0 Å². The van der Waals surface area contributed by atoms with Crippen LogP contribution in [0.25, 0.3) is 0 Å². The van der Waals surface area contributed by atoms with Crippen molar-refractivity contribution in [2.75, 3.05) is 26.7 Å². The van der Waals surface area contributed by atoms with Gasteiger partial charge in [0, 0.05) is 33.3 Å². The molecule has 164 valence electrons. The standard InChI is InChI=1S/C24H34N4O.HI/c1-3-29-19-23-9-5-4-8-22(23)17-27-24(25-2)26-16-20-10-12-21(13-11-20)18-28-14-6-7-15-28;/h4-5,8-13H,3,6-7,14-19H2,1-2H3,(H2,25,26,27);1H. The average Bonchev–Trinajstić information content (AvgIpc) is 3.27. The summed E-state index contributed by atoms with van der Waals surface area (Å²) < 4.78 is 5.57. The van der Waals surface area contributed by atoms with Gasteiger partial charge in [-0.15, -0.1) is 24.0 Å². The number of benzene rings is 2. The molecule has 2 aromatic rings. The van der Waals surface area contributed by atoms with E-state index in [0.29, 0.717) is 6.61 Å². The van der Waals surface area contributed by atoms with Gasteiger partial charge in [0.25, 0.3) is 0 Å². The van der Waals surface area contributed by atoms with Gasteiger partial charge in [0.1, 0.15) is 0 Å². The molecule has 0 bridgehead atoms. The van der Waals surface area contributed by atoms with Crippen LogP contribution in [-0.4, -0.2) is 37.6 Å². The van der Waals surface area contributed by atoms with Crippen molar-refractivity contribution in [2.24, 2.45) is 4.99 Å². The zero-order chi connectivity index (χ0) is 20.3. The minimum atomic E-state index is 0. The van der Waals surface area contributed by atoms with Gasteiger partial charge in [-0.1, -0.05) is 48.5 Å². The van der Waals surface area contributed by atoms with Crippen LogP contribution < -0.4 is 10.6 Å². The van der Waals surface area contributed by atoms with Crippen LogP contribution in [-0.2, 0) is 31.0 Å². The first-order chi connectivity index (χ1) is 14.3. The molecule has 0 saturated carbocycles. The Balaban J connectivity index is 0.00000320. The maximum Gasteiger partial charge on any atom is 0.191 e. The van der Waals surface area contributed by atoms with Crippen molar-refractivity contribution in [1.29, 1.82) is 0 Å². The predicted molar refractivity (Wildman–Crippen MR) is 135 cm³/mol. The number of ether oxygens (including phenoxy) is 1. The fourth-order valence-corrected chi connectivity index (χ4v) is 3.63. The normalized spacial score (nSPS) is 14.4. The fraction of sp³-hybridized carbons (Fsp3) is 0.458. The van der Waals surface area contributed by atoms with Gasteiger partial charge < -0.3 is 15.4 Å². The first kappa shape index (κ1) is 24.6. The van der Waals surface area contributed by atoms with E-state index >= 15 is 0 Å². The Morgan fingerprint density at radius 2 is 1.57 bits per heavy atom. The van der Waals surface area contributed by atoms with Crippen LogP contribution >= 0.6 is 24.0 Å². The third kappa shape index (κ3) is 7.89. The molecule has 1 fully saturated rings. The van der Waals surface area contributed by atoms with E-state index < -0.39 is 0 Å². The lowest BCUT2D eigenvalue weighted by Gasteiger charge is -2.16. The van der Waals surface area contributed by atoms with E-state index in [2.05, 4.69) is 69.1 Å². The lowest BCUT2D eigenvalue weighted by atomic mass is 10.1. The predicted octanol–water partition coefficient (Wildman–Crippen LogP) is 4.30. The van der Waals surface area contributed by atoms with Crippen LogP contribution in [0.2, 0.25) is 0 Å². The largest absolute Gasteiger partial charge is 0.377 e. The summed E-state index contributed by atoms with van der Waals surface area (Å²) in [5.74, 6) is 0.803. The molecule has 0 spiro atoms. The van der Waals surface area contributed by atoms with Gasteiger partial charge in [-0.25, -0.2) is 0 Å². The van der Waals surface area contributed by atoms with Crippen molar-refractivity contribution >= 4 is 29.9 Å². The molecule has 2 N–H and O–H groups in total. The third-order valence-electron chi connectivity index (χ3n) is 5.34. The minimum absolute atomic E-state index is 0. The zero-order valence-corrected chi connectivity index (χ0v) is 20.5. The van der Waals surface area contributed by atoms with Gasteiger partial charge in [-0.3, -0.25) is 9.89 Å². The molecule has 0 unspecified atom stereocenters. The molecule has 0 atom stereocenters. The van der Waals surface area contributed by atoms with Crippen LogP contribution in [0, 0.1) is 0 Å². The SMILES string of the molecule is CCOCc1ccccc1CNC(=NC)NCc1ccc(CN2CCCC2)cc1.I. The van der Waals surface area contributed by atoms with Gasteiger partial charge in [-0.2, -0.15) is 0 Å². The monoisotopic (exact) mass is 522 g/mol. The molecular weight excluding hydrogens is 487 g/mol. The summed E-state index contributed by atoms with van der Waals surface area (Å²) in [6.07, 6.45) is 2.68. The van der Waals surface area contributed by atoms with Gasteiger partial charge in [-0.05, 0) is 55.1 Å². The van der Waals surface area contributed by atoms with E-state index in [-0.39, 0.29) is 24.0 Å². The maximum absolute atomic E-state index is 5.57. The molecular formula is C24H35IN4O. The minimum Gasteiger partial charge on any atom is -0.377 e. The second-order valence-electron chi connectivity index (χ2n) is 7.48. The van der Waals surface area contributed by atoms with Crippen LogP contribution in [0.3, 0.4) is 0 Å². The first-order valence-electron chi connectivity index (χ1n) is 10.7. The number of guanidine groups is 1. The second kappa shape index (κ2) is 13.6. The fourth-order valence-electron chi connectivity index (χ4n) is 3.63. The molecule has 3 rings (SSSR count). The van der Waals surface area contributed by atoms with E-state index in [1.807, 2.05) is 6.92 Å². The molecule has 6 heteroatoms. The molecule has 5 nitrogen and oxygen atoms in total. The van der Waals surface area contributed by atoms with Crippen molar-refractivity contribution in [2.45, 2.75) is 46.0 Å². The quantitative estimate of drug-likeness (QED) is 0.293. The molecule has 2 aromatic carbocycles. The number of hydrogen-bond acceptors (Lipinski definition) is 3. The highest BCUT2D eigenvalue weighted by Crippen LogP contribution is 2.13.